The zero-order valence-electron chi connectivity index (χ0n) is 9.39. The Morgan fingerprint density at radius 1 is 1.27 bits per heavy atom. The Hall–Kier alpha value is -1.18. The molecule has 0 bridgehead atoms. The molecule has 15 heavy (non-hydrogen) atoms. The van der Waals surface area contributed by atoms with Crippen LogP contribution >= 0.6 is 0 Å². The molecule has 0 nitrogen and oxygen atoms in total. The summed E-state index contributed by atoms with van der Waals surface area (Å²) in [5.74, 6) is -1.46. The quantitative estimate of drug-likeness (QED) is 0.542. The first-order valence-corrected chi connectivity index (χ1v) is 5.14. The van der Waals surface area contributed by atoms with Gasteiger partial charge in [0, 0.05) is 6.42 Å². The van der Waals surface area contributed by atoms with Crippen molar-refractivity contribution in [1.82, 2.24) is 0 Å². The monoisotopic (exact) mass is 212 g/mol. The number of rotatable bonds is 6. The van der Waals surface area contributed by atoms with E-state index in [9.17, 15) is 8.78 Å². The van der Waals surface area contributed by atoms with Crippen LogP contribution in [0.25, 0.3) is 0 Å². The van der Waals surface area contributed by atoms with Crippen molar-refractivity contribution in [2.24, 2.45) is 0 Å². The number of allylic oxidation sites excluding steroid dienone is 7. The third-order valence-corrected chi connectivity index (χ3v) is 2.03. The van der Waals surface area contributed by atoms with Gasteiger partial charge in [0.1, 0.15) is 5.83 Å². The van der Waals surface area contributed by atoms with Crippen LogP contribution in [0.2, 0.25) is 0 Å². The van der Waals surface area contributed by atoms with Gasteiger partial charge in [0.2, 0.25) is 0 Å². The largest absolute Gasteiger partial charge is 0.209 e. The van der Waals surface area contributed by atoms with Crippen molar-refractivity contribution < 1.29 is 8.78 Å². The lowest BCUT2D eigenvalue weighted by molar-refractivity contribution is 0.522. The summed E-state index contributed by atoms with van der Waals surface area (Å²) in [6.45, 7) is 7.32. The molecule has 0 aromatic heterocycles. The van der Waals surface area contributed by atoms with Crippen LogP contribution in [0.15, 0.2) is 48.1 Å². The van der Waals surface area contributed by atoms with E-state index in [-0.39, 0.29) is 6.42 Å². The number of halogens is 2. The van der Waals surface area contributed by atoms with Crippen LogP contribution in [0.4, 0.5) is 8.78 Å². The second kappa shape index (κ2) is 8.16. The maximum absolute atomic E-state index is 13.1. The third-order valence-electron chi connectivity index (χ3n) is 2.03. The maximum atomic E-state index is 13.1. The molecule has 0 aliphatic heterocycles. The molecule has 0 saturated heterocycles. The topological polar surface area (TPSA) is 0 Å². The highest BCUT2D eigenvalue weighted by atomic mass is 19.2. The van der Waals surface area contributed by atoms with Gasteiger partial charge in [-0.3, -0.25) is 0 Å². The summed E-state index contributed by atoms with van der Waals surface area (Å²) in [7, 11) is 0. The van der Waals surface area contributed by atoms with Crippen LogP contribution in [-0.2, 0) is 0 Å². The molecule has 0 aliphatic carbocycles. The van der Waals surface area contributed by atoms with Crippen molar-refractivity contribution in [3.63, 3.8) is 0 Å². The molecule has 84 valence electrons. The predicted molar refractivity (Wildman–Crippen MR) is 61.9 cm³/mol. The highest BCUT2D eigenvalue weighted by Crippen LogP contribution is 2.18. The Morgan fingerprint density at radius 3 is 2.40 bits per heavy atom. The molecule has 0 spiro atoms. The molecular formula is C13H18F2. The minimum Gasteiger partial charge on any atom is -0.209 e. The van der Waals surface area contributed by atoms with Gasteiger partial charge in [-0.1, -0.05) is 37.3 Å². The van der Waals surface area contributed by atoms with Crippen molar-refractivity contribution in [2.75, 3.05) is 0 Å². The lowest BCUT2D eigenvalue weighted by Crippen LogP contribution is -1.83. The van der Waals surface area contributed by atoms with Crippen LogP contribution < -0.4 is 0 Å². The summed E-state index contributed by atoms with van der Waals surface area (Å²) in [6.07, 6.45) is 7.56. The molecular weight excluding hydrogens is 194 g/mol. The van der Waals surface area contributed by atoms with Gasteiger partial charge in [0.15, 0.2) is 5.83 Å². The number of hydrogen-bond donors (Lipinski definition) is 0. The minimum absolute atomic E-state index is 0.0889. The fourth-order valence-corrected chi connectivity index (χ4v) is 1.05. The normalized spacial score (nSPS) is 14.3. The van der Waals surface area contributed by atoms with E-state index in [0.717, 1.165) is 5.57 Å². The van der Waals surface area contributed by atoms with Crippen molar-refractivity contribution in [1.29, 1.82) is 0 Å². The summed E-state index contributed by atoms with van der Waals surface area (Å²) in [4.78, 5) is 0. The molecule has 0 rings (SSSR count). The van der Waals surface area contributed by atoms with Gasteiger partial charge >= 0.3 is 0 Å². The van der Waals surface area contributed by atoms with Crippen LogP contribution in [0, 0.1) is 0 Å². The highest BCUT2D eigenvalue weighted by molar-refractivity contribution is 5.19. The van der Waals surface area contributed by atoms with Gasteiger partial charge in [-0.05, 0) is 25.8 Å². The minimum atomic E-state index is -0.767. The standard InChI is InChI=1S/C13H18F2/c1-4-7-8-12(14)13(15)10-9-11(5-2)6-3/h5-8H,2,4,9-10H2,1,3H3/b8-7-,11-6+,13-12-. The van der Waals surface area contributed by atoms with Gasteiger partial charge in [-0.2, -0.15) is 0 Å². The van der Waals surface area contributed by atoms with Crippen molar-refractivity contribution in [3.8, 4) is 0 Å². The molecule has 0 saturated carbocycles. The lowest BCUT2D eigenvalue weighted by Gasteiger charge is -1.99. The zero-order chi connectivity index (χ0) is 11.7. The molecule has 0 amide bonds. The third kappa shape index (κ3) is 6.00. The van der Waals surface area contributed by atoms with Crippen LogP contribution in [0.1, 0.15) is 33.1 Å². The van der Waals surface area contributed by atoms with Gasteiger partial charge in [-0.25, -0.2) is 8.78 Å². The van der Waals surface area contributed by atoms with E-state index in [2.05, 4.69) is 6.58 Å². The van der Waals surface area contributed by atoms with Crippen molar-refractivity contribution in [3.05, 3.63) is 48.1 Å². The van der Waals surface area contributed by atoms with Gasteiger partial charge in [-0.15, -0.1) is 0 Å². The van der Waals surface area contributed by atoms with E-state index in [1.165, 1.54) is 6.08 Å². The predicted octanol–water partition coefficient (Wildman–Crippen LogP) is 5.02. The average Bonchev–Trinajstić information content (AvgIpc) is 2.26. The molecule has 2 heteroatoms. The Labute approximate surface area is 90.7 Å². The summed E-state index contributed by atoms with van der Waals surface area (Å²) in [5.41, 5.74) is 0.928. The van der Waals surface area contributed by atoms with Crippen molar-refractivity contribution >= 4 is 0 Å². The maximum Gasteiger partial charge on any atom is 0.154 e. The first kappa shape index (κ1) is 13.8. The second-order valence-electron chi connectivity index (χ2n) is 3.13. The van der Waals surface area contributed by atoms with Gasteiger partial charge in [0.05, 0.1) is 0 Å². The second-order valence-corrected chi connectivity index (χ2v) is 3.13. The molecule has 0 unspecified atom stereocenters. The van der Waals surface area contributed by atoms with Crippen LogP contribution in [0.5, 0.6) is 0 Å². The highest BCUT2D eigenvalue weighted by Gasteiger charge is 2.03. The van der Waals surface area contributed by atoms with E-state index >= 15 is 0 Å². The van der Waals surface area contributed by atoms with E-state index in [0.29, 0.717) is 12.8 Å². The Bertz CT molecular complexity index is 283. The summed E-state index contributed by atoms with van der Waals surface area (Å²) in [6, 6.07) is 0. The molecule has 0 atom stereocenters. The van der Waals surface area contributed by atoms with Crippen LogP contribution in [-0.4, -0.2) is 0 Å². The average molecular weight is 212 g/mol. The molecule has 0 radical (unpaired) electrons. The van der Waals surface area contributed by atoms with E-state index in [1.807, 2.05) is 19.9 Å². The van der Waals surface area contributed by atoms with E-state index in [1.54, 1.807) is 12.2 Å². The molecule has 0 aliphatic rings. The Kier molecular flexibility index (Phi) is 7.51. The van der Waals surface area contributed by atoms with Crippen molar-refractivity contribution in [2.45, 2.75) is 33.1 Å². The molecule has 0 heterocycles. The molecule has 0 fully saturated rings. The van der Waals surface area contributed by atoms with E-state index in [4.69, 9.17) is 0 Å². The molecule has 0 aromatic rings. The first-order chi connectivity index (χ1) is 7.15. The van der Waals surface area contributed by atoms with E-state index < -0.39 is 11.7 Å². The van der Waals surface area contributed by atoms with Crippen LogP contribution in [0.3, 0.4) is 0 Å². The fourth-order valence-electron chi connectivity index (χ4n) is 1.05. The van der Waals surface area contributed by atoms with Gasteiger partial charge in [0.25, 0.3) is 0 Å². The molecule has 0 N–H and O–H groups in total. The summed E-state index contributed by atoms with van der Waals surface area (Å²) >= 11 is 0. The summed E-state index contributed by atoms with van der Waals surface area (Å²) in [5, 5.41) is 0. The molecule has 0 aromatic carbocycles. The van der Waals surface area contributed by atoms with Gasteiger partial charge < -0.3 is 0 Å². The Balaban J connectivity index is 4.28. The zero-order valence-corrected chi connectivity index (χ0v) is 9.39. The summed E-state index contributed by atoms with van der Waals surface area (Å²) < 4.78 is 26.2. The lowest BCUT2D eigenvalue weighted by atomic mass is 10.1. The first-order valence-electron chi connectivity index (χ1n) is 5.14. The SMILES string of the molecule is C=C/C(=C\C)CC/C(F)=C(F)\C=C/CC. The number of hydrogen-bond acceptors (Lipinski definition) is 0. The smallest absolute Gasteiger partial charge is 0.154 e. The fraction of sp³-hybridized carbons (Fsp3) is 0.385. The Morgan fingerprint density at radius 2 is 1.93 bits per heavy atom.